The number of nitrogens with zero attached hydrogens (tertiary/aromatic N) is 2. The third-order valence-corrected chi connectivity index (χ3v) is 3.55. The number of rotatable bonds is 5. The molecule has 0 unspecified atom stereocenters. The van der Waals surface area contributed by atoms with Crippen LogP contribution in [0.1, 0.15) is 28.9 Å². The number of carboxylic acid groups (broad SMARTS) is 1. The molecule has 0 aliphatic rings. The van der Waals surface area contributed by atoms with Crippen molar-refractivity contribution in [3.63, 3.8) is 0 Å². The monoisotopic (exact) mass is 284 g/mol. The number of furan rings is 1. The zero-order chi connectivity index (χ0) is 14.8. The minimum Gasteiger partial charge on any atom is -0.478 e. The molecule has 0 spiro atoms. The van der Waals surface area contributed by atoms with Crippen molar-refractivity contribution in [3.05, 3.63) is 53.7 Å². The summed E-state index contributed by atoms with van der Waals surface area (Å²) >= 11 is 0. The van der Waals surface area contributed by atoms with Gasteiger partial charge in [-0.05, 0) is 30.3 Å². The molecule has 2 aromatic heterocycles. The van der Waals surface area contributed by atoms with Crippen LogP contribution in [0.2, 0.25) is 0 Å². The molecule has 0 saturated heterocycles. The van der Waals surface area contributed by atoms with E-state index in [1.165, 1.54) is 0 Å². The molecule has 0 fully saturated rings. The van der Waals surface area contributed by atoms with Crippen molar-refractivity contribution in [1.82, 2.24) is 9.55 Å². The average Bonchev–Trinajstić information content (AvgIpc) is 3.11. The minimum absolute atomic E-state index is 0.265. The van der Waals surface area contributed by atoms with E-state index in [-0.39, 0.29) is 5.56 Å². The number of benzene rings is 1. The molecule has 0 amide bonds. The van der Waals surface area contributed by atoms with Crippen LogP contribution < -0.4 is 0 Å². The summed E-state index contributed by atoms with van der Waals surface area (Å²) in [6.07, 6.45) is 3.25. The van der Waals surface area contributed by atoms with Crippen molar-refractivity contribution in [3.8, 4) is 0 Å². The van der Waals surface area contributed by atoms with Crippen LogP contribution in [0.5, 0.6) is 0 Å². The number of hydrogen-bond donors (Lipinski definition) is 1. The summed E-state index contributed by atoms with van der Waals surface area (Å²) in [6.45, 7) is 2.81. The summed E-state index contributed by atoms with van der Waals surface area (Å²) in [4.78, 5) is 15.6. The van der Waals surface area contributed by atoms with Gasteiger partial charge in [-0.15, -0.1) is 0 Å². The first-order chi connectivity index (χ1) is 10.2. The first-order valence-corrected chi connectivity index (χ1v) is 6.94. The van der Waals surface area contributed by atoms with Crippen LogP contribution in [0.4, 0.5) is 0 Å². The van der Waals surface area contributed by atoms with Gasteiger partial charge >= 0.3 is 5.97 Å². The summed E-state index contributed by atoms with van der Waals surface area (Å²) in [5, 5.41) is 9.06. The summed E-state index contributed by atoms with van der Waals surface area (Å²) in [5.74, 6) is 0.959. The van der Waals surface area contributed by atoms with E-state index in [2.05, 4.69) is 9.55 Å². The van der Waals surface area contributed by atoms with E-state index in [4.69, 9.17) is 9.52 Å². The van der Waals surface area contributed by atoms with Gasteiger partial charge in [0.2, 0.25) is 0 Å². The van der Waals surface area contributed by atoms with Gasteiger partial charge in [0.15, 0.2) is 0 Å². The summed E-state index contributed by atoms with van der Waals surface area (Å²) < 4.78 is 7.48. The van der Waals surface area contributed by atoms with Crippen LogP contribution >= 0.6 is 0 Å². The second-order valence-corrected chi connectivity index (χ2v) is 4.87. The quantitative estimate of drug-likeness (QED) is 0.781. The van der Waals surface area contributed by atoms with Gasteiger partial charge < -0.3 is 14.1 Å². The highest BCUT2D eigenvalue weighted by Gasteiger charge is 2.12. The Labute approximate surface area is 121 Å². The Morgan fingerprint density at radius 3 is 2.90 bits per heavy atom. The molecule has 0 saturated carbocycles. The maximum absolute atomic E-state index is 11.0. The fourth-order valence-electron chi connectivity index (χ4n) is 2.51. The number of imidazole rings is 1. The molecule has 0 bridgehead atoms. The highest BCUT2D eigenvalue weighted by Crippen LogP contribution is 2.19. The van der Waals surface area contributed by atoms with Gasteiger partial charge in [-0.3, -0.25) is 0 Å². The van der Waals surface area contributed by atoms with E-state index in [0.29, 0.717) is 0 Å². The molecule has 5 heteroatoms. The van der Waals surface area contributed by atoms with Gasteiger partial charge in [-0.2, -0.15) is 0 Å². The van der Waals surface area contributed by atoms with Crippen LogP contribution in [-0.2, 0) is 19.4 Å². The largest absolute Gasteiger partial charge is 0.478 e. The lowest BCUT2D eigenvalue weighted by Crippen LogP contribution is -2.05. The van der Waals surface area contributed by atoms with Crippen molar-refractivity contribution in [1.29, 1.82) is 0 Å². The maximum Gasteiger partial charge on any atom is 0.335 e. The van der Waals surface area contributed by atoms with Crippen LogP contribution in [0, 0.1) is 0 Å². The molecule has 0 radical (unpaired) electrons. The van der Waals surface area contributed by atoms with Crippen molar-refractivity contribution in [2.75, 3.05) is 0 Å². The lowest BCUT2D eigenvalue weighted by molar-refractivity contribution is 0.0697. The number of fused-ring (bicyclic) bond motifs is 1. The second kappa shape index (κ2) is 5.44. The number of aromatic nitrogens is 2. The number of carbonyl (C=O) groups is 1. The molecule has 0 aliphatic heterocycles. The highest BCUT2D eigenvalue weighted by molar-refractivity contribution is 5.92. The molecule has 1 aromatic carbocycles. The van der Waals surface area contributed by atoms with E-state index in [1.807, 2.05) is 25.1 Å². The van der Waals surface area contributed by atoms with Gasteiger partial charge in [-0.25, -0.2) is 9.78 Å². The molecule has 3 aromatic rings. The van der Waals surface area contributed by atoms with Crippen LogP contribution in [0.25, 0.3) is 11.0 Å². The molecular formula is C16H16N2O3. The smallest absolute Gasteiger partial charge is 0.335 e. The third-order valence-electron chi connectivity index (χ3n) is 3.55. The molecule has 21 heavy (non-hydrogen) atoms. The van der Waals surface area contributed by atoms with Crippen molar-refractivity contribution < 1.29 is 14.3 Å². The zero-order valence-electron chi connectivity index (χ0n) is 11.7. The predicted octanol–water partition coefficient (Wildman–Crippen LogP) is 3.13. The lowest BCUT2D eigenvalue weighted by atomic mass is 10.2. The Morgan fingerprint density at radius 1 is 1.38 bits per heavy atom. The van der Waals surface area contributed by atoms with Crippen LogP contribution in [0.3, 0.4) is 0 Å². The number of carboxylic acids is 1. The fourth-order valence-corrected chi connectivity index (χ4v) is 2.51. The standard InChI is InChI=1S/C16H16N2O3/c1-2-15-17-13-10-11(16(19)20)5-6-14(13)18(15)8-7-12-4-3-9-21-12/h3-6,9-10H,2,7-8H2,1H3,(H,19,20). The molecule has 0 atom stereocenters. The van der Waals surface area contributed by atoms with Gasteiger partial charge in [0, 0.05) is 19.4 Å². The molecule has 1 N–H and O–H groups in total. The molecule has 2 heterocycles. The van der Waals surface area contributed by atoms with Crippen LogP contribution in [-0.4, -0.2) is 20.6 Å². The SMILES string of the molecule is CCc1nc2cc(C(=O)O)ccc2n1CCc1ccco1. The fraction of sp³-hybridized carbons (Fsp3) is 0.250. The zero-order valence-corrected chi connectivity index (χ0v) is 11.7. The highest BCUT2D eigenvalue weighted by atomic mass is 16.4. The van der Waals surface area contributed by atoms with Gasteiger partial charge in [0.25, 0.3) is 0 Å². The van der Waals surface area contributed by atoms with Gasteiger partial charge in [0.1, 0.15) is 11.6 Å². The Morgan fingerprint density at radius 2 is 2.24 bits per heavy atom. The molecule has 5 nitrogen and oxygen atoms in total. The summed E-state index contributed by atoms with van der Waals surface area (Å²) in [5.41, 5.74) is 1.95. The van der Waals surface area contributed by atoms with Crippen molar-refractivity contribution in [2.24, 2.45) is 0 Å². The second-order valence-electron chi connectivity index (χ2n) is 4.87. The van der Waals surface area contributed by atoms with Crippen LogP contribution in [0.15, 0.2) is 41.0 Å². The molecule has 108 valence electrons. The van der Waals surface area contributed by atoms with E-state index in [1.54, 1.807) is 18.4 Å². The Hall–Kier alpha value is -2.56. The lowest BCUT2D eigenvalue weighted by Gasteiger charge is -2.07. The predicted molar refractivity (Wildman–Crippen MR) is 78.5 cm³/mol. The van der Waals surface area contributed by atoms with Crippen molar-refractivity contribution >= 4 is 17.0 Å². The number of aryl methyl sites for hydroxylation is 3. The van der Waals surface area contributed by atoms with Crippen molar-refractivity contribution in [2.45, 2.75) is 26.3 Å². The Bertz CT molecular complexity index is 772. The molecule has 3 rings (SSSR count). The average molecular weight is 284 g/mol. The first-order valence-electron chi connectivity index (χ1n) is 6.94. The topological polar surface area (TPSA) is 68.3 Å². The summed E-state index contributed by atoms with van der Waals surface area (Å²) in [6, 6.07) is 8.90. The third kappa shape index (κ3) is 2.54. The number of aromatic carboxylic acids is 1. The summed E-state index contributed by atoms with van der Waals surface area (Å²) in [7, 11) is 0. The first kappa shape index (κ1) is 13.4. The van der Waals surface area contributed by atoms with E-state index < -0.39 is 5.97 Å². The molecule has 0 aliphatic carbocycles. The minimum atomic E-state index is -0.930. The van der Waals surface area contributed by atoms with E-state index in [9.17, 15) is 4.79 Å². The Kier molecular flexibility index (Phi) is 3.48. The van der Waals surface area contributed by atoms with E-state index in [0.717, 1.165) is 42.0 Å². The maximum atomic E-state index is 11.0. The normalized spacial score (nSPS) is 11.1. The molecular weight excluding hydrogens is 268 g/mol. The van der Waals surface area contributed by atoms with Gasteiger partial charge in [-0.1, -0.05) is 6.92 Å². The number of hydrogen-bond acceptors (Lipinski definition) is 3. The van der Waals surface area contributed by atoms with E-state index >= 15 is 0 Å². The Balaban J connectivity index is 1.97. The van der Waals surface area contributed by atoms with Gasteiger partial charge in [0.05, 0.1) is 22.9 Å².